The van der Waals surface area contributed by atoms with E-state index in [0.717, 1.165) is 46.8 Å². The SMILES string of the molecule is Fc1ccc2c(-c3ccc(OCCCNCc4ccccc4Cl)cc3)noc2c1. The van der Waals surface area contributed by atoms with Gasteiger partial charge >= 0.3 is 0 Å². The standard InChI is InChI=1S/C23H20ClFN2O2/c24-21-5-2-1-4-17(21)15-26-12-3-13-28-19-9-6-16(7-10-19)23-20-11-8-18(25)14-22(20)29-27-23/h1-2,4-11,14,26H,3,12-13,15H2. The molecular formula is C23H20ClFN2O2. The predicted octanol–water partition coefficient (Wildman–Crippen LogP) is 5.85. The van der Waals surface area contributed by atoms with Gasteiger partial charge in [0.25, 0.3) is 0 Å². The molecule has 0 unspecified atom stereocenters. The summed E-state index contributed by atoms with van der Waals surface area (Å²) in [6.45, 7) is 2.19. The Morgan fingerprint density at radius 2 is 1.86 bits per heavy atom. The maximum absolute atomic E-state index is 13.3. The summed E-state index contributed by atoms with van der Waals surface area (Å²) in [6.07, 6.45) is 0.881. The molecule has 1 aromatic heterocycles. The first kappa shape index (κ1) is 19.4. The second-order valence-electron chi connectivity index (χ2n) is 6.67. The van der Waals surface area contributed by atoms with Crippen LogP contribution in [0.3, 0.4) is 0 Å². The Kier molecular flexibility index (Phi) is 6.08. The van der Waals surface area contributed by atoms with Gasteiger partial charge in [-0.25, -0.2) is 4.39 Å². The van der Waals surface area contributed by atoms with Crippen LogP contribution in [0.5, 0.6) is 5.75 Å². The van der Waals surface area contributed by atoms with Crippen LogP contribution in [0.1, 0.15) is 12.0 Å². The molecule has 1 heterocycles. The normalized spacial score (nSPS) is 11.1. The fraction of sp³-hybridized carbons (Fsp3) is 0.174. The van der Waals surface area contributed by atoms with E-state index in [4.69, 9.17) is 20.9 Å². The summed E-state index contributed by atoms with van der Waals surface area (Å²) in [7, 11) is 0. The van der Waals surface area contributed by atoms with Crippen molar-refractivity contribution in [3.8, 4) is 17.0 Å². The number of halogens is 2. The Morgan fingerprint density at radius 3 is 2.69 bits per heavy atom. The van der Waals surface area contributed by atoms with E-state index in [-0.39, 0.29) is 5.82 Å². The lowest BCUT2D eigenvalue weighted by molar-refractivity contribution is 0.308. The van der Waals surface area contributed by atoms with Crippen molar-refractivity contribution in [3.05, 3.63) is 83.1 Å². The van der Waals surface area contributed by atoms with Crippen molar-refractivity contribution in [2.24, 2.45) is 0 Å². The Balaban J connectivity index is 1.26. The van der Waals surface area contributed by atoms with Crippen molar-refractivity contribution in [1.82, 2.24) is 10.5 Å². The molecule has 4 nitrogen and oxygen atoms in total. The number of nitrogens with zero attached hydrogens (tertiary/aromatic N) is 1. The quantitative estimate of drug-likeness (QED) is 0.370. The largest absolute Gasteiger partial charge is 0.494 e. The summed E-state index contributed by atoms with van der Waals surface area (Å²) in [4.78, 5) is 0. The zero-order chi connectivity index (χ0) is 20.1. The average molecular weight is 411 g/mol. The number of aromatic nitrogens is 1. The minimum Gasteiger partial charge on any atom is -0.494 e. The molecule has 0 aliphatic carbocycles. The first-order chi connectivity index (χ1) is 14.2. The average Bonchev–Trinajstić information content (AvgIpc) is 3.15. The lowest BCUT2D eigenvalue weighted by atomic mass is 10.1. The minimum atomic E-state index is -0.342. The Labute approximate surface area is 173 Å². The molecule has 4 aromatic rings. The van der Waals surface area contributed by atoms with Crippen molar-refractivity contribution >= 4 is 22.6 Å². The lowest BCUT2D eigenvalue weighted by Gasteiger charge is -2.08. The van der Waals surface area contributed by atoms with Gasteiger partial charge in [0.05, 0.1) is 6.61 Å². The van der Waals surface area contributed by atoms with Crippen LogP contribution in [-0.2, 0) is 6.54 Å². The molecule has 0 radical (unpaired) electrons. The number of ether oxygens (including phenoxy) is 1. The summed E-state index contributed by atoms with van der Waals surface area (Å²) in [5.41, 5.74) is 3.11. The third kappa shape index (κ3) is 4.75. The molecule has 3 aromatic carbocycles. The molecule has 0 saturated carbocycles. The molecule has 1 N–H and O–H groups in total. The van der Waals surface area contributed by atoms with Gasteiger partial charge in [0, 0.05) is 28.6 Å². The van der Waals surface area contributed by atoms with E-state index >= 15 is 0 Å². The molecule has 0 spiro atoms. The van der Waals surface area contributed by atoms with Crippen LogP contribution in [0.15, 0.2) is 71.3 Å². The molecule has 0 aliphatic rings. The van der Waals surface area contributed by atoms with E-state index in [1.165, 1.54) is 12.1 Å². The third-order valence-electron chi connectivity index (χ3n) is 4.60. The van der Waals surface area contributed by atoms with Crippen LogP contribution in [0.2, 0.25) is 5.02 Å². The topological polar surface area (TPSA) is 47.3 Å². The second kappa shape index (κ2) is 9.07. The number of fused-ring (bicyclic) bond motifs is 1. The molecular weight excluding hydrogens is 391 g/mol. The van der Waals surface area contributed by atoms with Crippen LogP contribution in [0.25, 0.3) is 22.2 Å². The van der Waals surface area contributed by atoms with Crippen LogP contribution in [0.4, 0.5) is 4.39 Å². The summed E-state index contributed by atoms with van der Waals surface area (Å²) < 4.78 is 24.3. The molecule has 29 heavy (non-hydrogen) atoms. The number of hydrogen-bond donors (Lipinski definition) is 1. The summed E-state index contributed by atoms with van der Waals surface area (Å²) >= 11 is 6.14. The van der Waals surface area contributed by atoms with Crippen molar-refractivity contribution in [2.45, 2.75) is 13.0 Å². The molecule has 4 rings (SSSR count). The van der Waals surface area contributed by atoms with Gasteiger partial charge in [-0.15, -0.1) is 0 Å². The number of benzene rings is 3. The summed E-state index contributed by atoms with van der Waals surface area (Å²) in [6, 6.07) is 19.9. The molecule has 0 fully saturated rings. The highest BCUT2D eigenvalue weighted by atomic mass is 35.5. The van der Waals surface area contributed by atoms with Gasteiger partial charge in [-0.1, -0.05) is 35.0 Å². The minimum absolute atomic E-state index is 0.342. The zero-order valence-electron chi connectivity index (χ0n) is 15.7. The maximum Gasteiger partial charge on any atom is 0.170 e. The smallest absolute Gasteiger partial charge is 0.170 e. The first-order valence-electron chi connectivity index (χ1n) is 9.43. The highest BCUT2D eigenvalue weighted by Gasteiger charge is 2.11. The zero-order valence-corrected chi connectivity index (χ0v) is 16.5. The summed E-state index contributed by atoms with van der Waals surface area (Å²) in [5, 5.41) is 8.99. The number of hydrogen-bond acceptors (Lipinski definition) is 4. The Bertz CT molecular complexity index is 1100. The van der Waals surface area contributed by atoms with Gasteiger partial charge < -0.3 is 14.6 Å². The van der Waals surface area contributed by atoms with Gasteiger partial charge in [0.15, 0.2) is 5.58 Å². The number of nitrogens with one attached hydrogen (secondary N) is 1. The molecule has 0 saturated heterocycles. The van der Waals surface area contributed by atoms with Gasteiger partial charge in [0.2, 0.25) is 0 Å². The summed E-state index contributed by atoms with van der Waals surface area (Å²) in [5.74, 6) is 0.448. The van der Waals surface area contributed by atoms with E-state index in [0.29, 0.717) is 17.9 Å². The molecule has 0 bridgehead atoms. The van der Waals surface area contributed by atoms with Crippen LogP contribution < -0.4 is 10.1 Å². The van der Waals surface area contributed by atoms with Crippen LogP contribution in [-0.4, -0.2) is 18.3 Å². The highest BCUT2D eigenvalue weighted by molar-refractivity contribution is 6.31. The van der Waals surface area contributed by atoms with Crippen molar-refractivity contribution in [2.75, 3.05) is 13.2 Å². The fourth-order valence-corrected chi connectivity index (χ4v) is 3.28. The third-order valence-corrected chi connectivity index (χ3v) is 4.97. The molecule has 0 aliphatic heterocycles. The van der Waals surface area contributed by atoms with E-state index in [2.05, 4.69) is 10.5 Å². The van der Waals surface area contributed by atoms with Crippen molar-refractivity contribution in [1.29, 1.82) is 0 Å². The van der Waals surface area contributed by atoms with E-state index < -0.39 is 0 Å². The molecule has 148 valence electrons. The Hall–Kier alpha value is -2.89. The van der Waals surface area contributed by atoms with Crippen LogP contribution in [0, 0.1) is 5.82 Å². The fourth-order valence-electron chi connectivity index (χ4n) is 3.08. The van der Waals surface area contributed by atoms with Gasteiger partial charge in [-0.3, -0.25) is 0 Å². The van der Waals surface area contributed by atoms with Gasteiger partial charge in [-0.2, -0.15) is 0 Å². The van der Waals surface area contributed by atoms with Crippen LogP contribution >= 0.6 is 11.6 Å². The van der Waals surface area contributed by atoms with Crippen molar-refractivity contribution in [3.63, 3.8) is 0 Å². The van der Waals surface area contributed by atoms with Gasteiger partial charge in [-0.05, 0) is 61.0 Å². The van der Waals surface area contributed by atoms with E-state index in [1.807, 2.05) is 48.5 Å². The predicted molar refractivity (Wildman–Crippen MR) is 113 cm³/mol. The second-order valence-corrected chi connectivity index (χ2v) is 7.07. The maximum atomic E-state index is 13.3. The number of rotatable bonds is 8. The van der Waals surface area contributed by atoms with E-state index in [1.54, 1.807) is 6.07 Å². The molecule has 0 atom stereocenters. The molecule has 0 amide bonds. The molecule has 6 heteroatoms. The lowest BCUT2D eigenvalue weighted by Crippen LogP contribution is -2.17. The van der Waals surface area contributed by atoms with E-state index in [9.17, 15) is 4.39 Å². The van der Waals surface area contributed by atoms with Gasteiger partial charge in [0.1, 0.15) is 17.3 Å². The monoisotopic (exact) mass is 410 g/mol. The Morgan fingerprint density at radius 1 is 1.03 bits per heavy atom. The van der Waals surface area contributed by atoms with Crippen molar-refractivity contribution < 1.29 is 13.7 Å². The first-order valence-corrected chi connectivity index (χ1v) is 9.81. The highest BCUT2D eigenvalue weighted by Crippen LogP contribution is 2.29.